The van der Waals surface area contributed by atoms with Crippen LogP contribution in [0.5, 0.6) is 11.5 Å². The standard InChI is InChI=1S/C21H18N4O2S2.C20H15N5O3S2.C18H18N2.C17H15ClN2O.C17H16N2.C16H14N2/c1-13-18(29-21(22-13)25-19(26)14-8-4-3-5-9-14)16-12-28-20(24-16)23-15-10-6-7-11-17(15)27-2;1-12-17(30-20(21-12)24-18(26)13-6-3-2-4-7-13)16-11-29-19(23-16)22-14-8-5-9-15(10-14)25(27)28;1-3-14-8-10-15(11-9-14)19-18-12-13(2)16-6-4-5-7-17(16)20-18;1-11-9-17(20-15-6-4-3-5-13(11)15)19-12-7-8-16(21-2)14(18)10-12;1-12-7-9-14(10-8-12)18-17-11-13(2)15-5-3-4-6-16(15)19-17;1-12-11-16(17-13-7-3-2-4-8-13)18-15-10-6-5-9-14(12)15/h3-12H,1-2H3,(H,23,24)(H,22,25,26);2-11H,1H3,(H,22,23)(H,21,24,26);4-12H,3H2,1-2H3,(H,19,20);3-10H,1-2H3,(H,19,20);3-11H,1-2H3,(H,18,19);2-11H,1H3,(H,17,18). The molecule has 0 aliphatic heterocycles. The summed E-state index contributed by atoms with van der Waals surface area (Å²) in [5, 5.41) is 47.9. The van der Waals surface area contributed by atoms with Crippen molar-refractivity contribution < 1.29 is 24.0 Å². The first kappa shape index (κ1) is 95.4. The summed E-state index contributed by atoms with van der Waals surface area (Å²) in [7, 11) is 3.24. The number of pyridine rings is 4. The number of hydrogen-bond donors (Lipinski definition) is 8. The maximum atomic E-state index is 12.4. The molecule has 0 spiro atoms. The molecule has 137 heavy (non-hydrogen) atoms. The minimum atomic E-state index is -0.440. The van der Waals surface area contributed by atoms with Gasteiger partial charge in [0.1, 0.15) is 34.8 Å². The number of para-hydroxylation sites is 7. The Kier molecular flexibility index (Phi) is 32.0. The highest BCUT2D eigenvalue weighted by Crippen LogP contribution is 2.40. The van der Waals surface area contributed by atoms with Crippen molar-refractivity contribution in [1.82, 2.24) is 39.9 Å². The number of carbonyl (C=O) groups excluding carboxylic acids is 2. The topological polar surface area (TPSA) is 295 Å². The molecule has 20 rings (SSSR count). The van der Waals surface area contributed by atoms with Gasteiger partial charge in [-0.15, -0.1) is 22.7 Å². The first-order valence-corrected chi connectivity index (χ1v) is 47.5. The Bertz CT molecular complexity index is 7580. The summed E-state index contributed by atoms with van der Waals surface area (Å²) in [4.78, 5) is 73.7. The van der Waals surface area contributed by atoms with Crippen LogP contribution in [0.1, 0.15) is 72.4 Å². The summed E-state index contributed by atoms with van der Waals surface area (Å²) in [5.41, 5.74) is 21.4. The molecule has 2 amide bonds. The second kappa shape index (κ2) is 46.0. The number of halogens is 1. The summed E-state index contributed by atoms with van der Waals surface area (Å²) in [6.45, 7) is 16.4. The Morgan fingerprint density at radius 2 is 0.723 bits per heavy atom. The van der Waals surface area contributed by atoms with E-state index in [1.54, 1.807) is 62.8 Å². The molecule has 0 bridgehead atoms. The number of non-ortho nitro benzene ring substituents is 1. The van der Waals surface area contributed by atoms with E-state index in [4.69, 9.17) is 21.1 Å². The van der Waals surface area contributed by atoms with E-state index in [1.807, 2.05) is 201 Å². The molecule has 0 saturated heterocycles. The molecule has 0 aliphatic rings. The number of benzene rings is 12. The van der Waals surface area contributed by atoms with E-state index >= 15 is 0 Å². The maximum absolute atomic E-state index is 12.4. The molecule has 0 radical (unpaired) electrons. The van der Waals surface area contributed by atoms with Gasteiger partial charge in [0.15, 0.2) is 20.5 Å². The van der Waals surface area contributed by atoms with E-state index in [0.717, 1.165) is 129 Å². The van der Waals surface area contributed by atoms with E-state index in [9.17, 15) is 19.7 Å². The number of nitrogens with zero attached hydrogens (tertiary/aromatic N) is 9. The van der Waals surface area contributed by atoms with Gasteiger partial charge in [-0.3, -0.25) is 30.3 Å². The van der Waals surface area contributed by atoms with E-state index in [0.29, 0.717) is 43.0 Å². The molecule has 8 heterocycles. The van der Waals surface area contributed by atoms with Crippen LogP contribution in [-0.2, 0) is 6.42 Å². The van der Waals surface area contributed by atoms with Gasteiger partial charge in [0.2, 0.25) is 0 Å². The van der Waals surface area contributed by atoms with Gasteiger partial charge in [-0.05, 0) is 228 Å². The number of nitrogens with one attached hydrogen (secondary N) is 8. The van der Waals surface area contributed by atoms with Gasteiger partial charge in [-0.2, -0.15) is 0 Å². The highest BCUT2D eigenvalue weighted by molar-refractivity contribution is 7.20. The zero-order chi connectivity index (χ0) is 95.7. The lowest BCUT2D eigenvalue weighted by Crippen LogP contribution is -2.11. The number of amides is 2. The molecule has 8 N–H and O–H groups in total. The first-order chi connectivity index (χ1) is 66.6. The minimum absolute atomic E-state index is 0.00822. The minimum Gasteiger partial charge on any atom is -0.495 e. The van der Waals surface area contributed by atoms with Gasteiger partial charge in [-0.1, -0.05) is 217 Å². The summed E-state index contributed by atoms with van der Waals surface area (Å²) in [6, 6.07) is 105. The van der Waals surface area contributed by atoms with Crippen molar-refractivity contribution in [2.75, 3.05) is 56.8 Å². The van der Waals surface area contributed by atoms with Crippen LogP contribution in [0.25, 0.3) is 64.8 Å². The fourth-order valence-electron chi connectivity index (χ4n) is 14.4. The Morgan fingerprint density at radius 1 is 0.358 bits per heavy atom. The van der Waals surface area contributed by atoms with Crippen LogP contribution < -0.4 is 52.0 Å². The molecule has 0 fully saturated rings. The number of nitro benzene ring substituents is 1. The Hall–Kier alpha value is -16.2. The van der Waals surface area contributed by atoms with Gasteiger partial charge in [0.25, 0.3) is 17.5 Å². The van der Waals surface area contributed by atoms with E-state index in [2.05, 4.69) is 215 Å². The molecule has 0 aliphatic carbocycles. The fraction of sp³-hybridized carbons (Fsp3) is 0.101. The zero-order valence-corrected chi connectivity index (χ0v) is 80.5. The smallest absolute Gasteiger partial charge is 0.271 e. The van der Waals surface area contributed by atoms with Gasteiger partial charge in [-0.25, -0.2) is 39.9 Å². The monoisotopic (exact) mass is 1900 g/mol. The number of aryl methyl sites for hydroxylation is 8. The molecule has 0 unspecified atom stereocenters. The predicted molar refractivity (Wildman–Crippen MR) is 568 cm³/mol. The lowest BCUT2D eigenvalue weighted by molar-refractivity contribution is -0.384. The first-order valence-electron chi connectivity index (χ1n) is 43.7. The van der Waals surface area contributed by atoms with Crippen molar-refractivity contribution in [2.24, 2.45) is 0 Å². The van der Waals surface area contributed by atoms with E-state index in [1.165, 1.54) is 107 Å². The molecule has 0 saturated carbocycles. The molecule has 0 atom stereocenters. The number of nitro groups is 1. The predicted octanol–water partition coefficient (Wildman–Crippen LogP) is 29.7. The summed E-state index contributed by atoms with van der Waals surface area (Å²) < 4.78 is 10.5. The number of anilines is 14. The third-order valence-corrected chi connectivity index (χ3v) is 25.4. The van der Waals surface area contributed by atoms with Crippen molar-refractivity contribution >= 4 is 196 Å². The molecule has 28 heteroatoms. The SMILES string of the molecule is CCc1ccc(Nc2cc(C)c3ccccc3n2)cc1.COc1ccc(Nc2cc(C)c3ccccc3n2)cc1Cl.COc1ccccc1Nc1nc(-c2sc(NC(=O)c3ccccc3)nc2C)cs1.Cc1cc(Nc2ccccc2)nc2ccccc12.Cc1ccc(Nc2cc(C)c3ccccc3n2)cc1.Cc1nc(NC(=O)c2ccccc2)sc1-c1csc(Nc2cccc([N+](=O)[O-])c2)n1. The van der Waals surface area contributed by atoms with Gasteiger partial charge in [0, 0.05) is 84.0 Å². The van der Waals surface area contributed by atoms with Crippen LogP contribution in [-0.4, -0.2) is 70.8 Å². The number of aromatic nitrogens is 8. The summed E-state index contributed by atoms with van der Waals surface area (Å²) >= 11 is 11.8. The third kappa shape index (κ3) is 25.8. The highest BCUT2D eigenvalue weighted by Gasteiger charge is 2.20. The van der Waals surface area contributed by atoms with E-state index in [-0.39, 0.29) is 17.5 Å². The number of hydrogen-bond acceptors (Lipinski definition) is 24. The Labute approximate surface area is 814 Å². The van der Waals surface area contributed by atoms with Crippen LogP contribution in [0.15, 0.2) is 338 Å². The van der Waals surface area contributed by atoms with Crippen LogP contribution in [0.4, 0.5) is 83.6 Å². The quantitative estimate of drug-likeness (QED) is 0.0231. The van der Waals surface area contributed by atoms with Crippen molar-refractivity contribution in [3.05, 3.63) is 409 Å². The van der Waals surface area contributed by atoms with Crippen molar-refractivity contribution in [1.29, 1.82) is 0 Å². The van der Waals surface area contributed by atoms with Gasteiger partial charge in [0.05, 0.1) is 84.4 Å². The Morgan fingerprint density at radius 3 is 1.15 bits per heavy atom. The second-order valence-corrected chi connectivity index (χ2v) is 35.5. The highest BCUT2D eigenvalue weighted by atomic mass is 35.5. The largest absolute Gasteiger partial charge is 0.495 e. The molecular weight excluding hydrogens is 1810 g/mol. The van der Waals surface area contributed by atoms with Crippen LogP contribution in [0.3, 0.4) is 0 Å². The molecule has 684 valence electrons. The third-order valence-electron chi connectivity index (χ3n) is 21.4. The number of carbonyl (C=O) groups is 2. The van der Waals surface area contributed by atoms with Gasteiger partial charge < -0.3 is 41.4 Å². The molecule has 12 aromatic carbocycles. The molecule has 20 aromatic rings. The van der Waals surface area contributed by atoms with Crippen LogP contribution in [0.2, 0.25) is 5.02 Å². The van der Waals surface area contributed by atoms with Crippen LogP contribution in [0, 0.1) is 58.6 Å². The second-order valence-electron chi connectivity index (χ2n) is 31.3. The van der Waals surface area contributed by atoms with Gasteiger partial charge >= 0.3 is 0 Å². The van der Waals surface area contributed by atoms with Crippen molar-refractivity contribution in [2.45, 2.75) is 61.8 Å². The van der Waals surface area contributed by atoms with Crippen molar-refractivity contribution in [3.8, 4) is 32.6 Å². The molecule has 8 aromatic heterocycles. The number of rotatable bonds is 22. The molecule has 23 nitrogen and oxygen atoms in total. The average Bonchev–Trinajstić information content (AvgIpc) is 1.77. The normalized spacial score (nSPS) is 10.6. The van der Waals surface area contributed by atoms with Crippen molar-refractivity contribution in [3.63, 3.8) is 0 Å². The van der Waals surface area contributed by atoms with Crippen LogP contribution >= 0.6 is 56.9 Å². The number of ether oxygens (including phenoxy) is 2. The average molecular weight is 1900 g/mol. The summed E-state index contributed by atoms with van der Waals surface area (Å²) in [5.74, 6) is 4.48. The number of fused-ring (bicyclic) bond motifs is 4. The lowest BCUT2D eigenvalue weighted by atomic mass is 10.1. The summed E-state index contributed by atoms with van der Waals surface area (Å²) in [6.07, 6.45) is 1.06. The molecular formula is C109H96ClN17O6S4. The Balaban J connectivity index is 0.000000126. The number of methoxy groups -OCH3 is 2. The zero-order valence-electron chi connectivity index (χ0n) is 76.5. The lowest BCUT2D eigenvalue weighted by Gasteiger charge is -2.10. The van der Waals surface area contributed by atoms with E-state index < -0.39 is 4.92 Å². The maximum Gasteiger partial charge on any atom is 0.271 e. The fourth-order valence-corrected chi connectivity index (χ4v) is 18.1. The number of thiazole rings is 4.